The summed E-state index contributed by atoms with van der Waals surface area (Å²) in [5, 5.41) is 3.01. The van der Waals surface area contributed by atoms with Crippen molar-refractivity contribution in [2.75, 3.05) is 26.7 Å². The fraction of sp³-hybridized carbons (Fsp3) is 0.556. The van der Waals surface area contributed by atoms with Crippen LogP contribution >= 0.6 is 0 Å². The van der Waals surface area contributed by atoms with Gasteiger partial charge in [0.15, 0.2) is 12.6 Å². The zero-order valence-electron chi connectivity index (χ0n) is 13.8. The summed E-state index contributed by atoms with van der Waals surface area (Å²) in [7, 11) is 1.94. The zero-order valence-corrected chi connectivity index (χ0v) is 13.8. The highest BCUT2D eigenvalue weighted by atomic mass is 16.2. The van der Waals surface area contributed by atoms with Gasteiger partial charge in [-0.1, -0.05) is 30.3 Å². The van der Waals surface area contributed by atoms with E-state index in [0.717, 1.165) is 49.2 Å². The van der Waals surface area contributed by atoms with Crippen molar-refractivity contribution >= 4 is 11.8 Å². The van der Waals surface area contributed by atoms with Gasteiger partial charge < -0.3 is 15.1 Å². The Bertz CT molecular complexity index is 551. The molecule has 2 amide bonds. The summed E-state index contributed by atoms with van der Waals surface area (Å²) < 4.78 is 0. The van der Waals surface area contributed by atoms with Crippen LogP contribution in [0.15, 0.2) is 30.3 Å². The van der Waals surface area contributed by atoms with Gasteiger partial charge in [0.05, 0.1) is 7.05 Å². The number of likely N-dealkylation sites (tertiary alicyclic amines) is 1. The number of amides is 2. The number of carbonyl (C=O) groups excluding carboxylic acids is 2. The summed E-state index contributed by atoms with van der Waals surface area (Å²) in [6, 6.07) is 9.89. The molecule has 0 radical (unpaired) electrons. The van der Waals surface area contributed by atoms with E-state index < -0.39 is 0 Å². The number of nitrogens with one attached hydrogen (secondary N) is 2. The Morgan fingerprint density at radius 3 is 2.48 bits per heavy atom. The van der Waals surface area contributed by atoms with E-state index >= 15 is 0 Å². The average Bonchev–Trinajstić information content (AvgIpc) is 3.17. The topological polar surface area (TPSA) is 53.9 Å². The van der Waals surface area contributed by atoms with Crippen molar-refractivity contribution in [3.63, 3.8) is 0 Å². The maximum atomic E-state index is 13.0. The molecule has 2 aliphatic rings. The van der Waals surface area contributed by atoms with Crippen LogP contribution in [0.25, 0.3) is 0 Å². The van der Waals surface area contributed by atoms with Crippen molar-refractivity contribution in [3.8, 4) is 0 Å². The highest BCUT2D eigenvalue weighted by molar-refractivity contribution is 5.83. The lowest BCUT2D eigenvalue weighted by Gasteiger charge is -2.28. The molecule has 2 atom stereocenters. The Morgan fingerprint density at radius 2 is 1.87 bits per heavy atom. The van der Waals surface area contributed by atoms with Crippen molar-refractivity contribution in [1.29, 1.82) is 0 Å². The first kappa shape index (κ1) is 16.0. The molecule has 1 aliphatic heterocycles. The standard InChI is InChI=1S/C18H25N3O2/c1-20(13-16(22)19-15-9-10-15)17(14-7-3-2-4-8-14)18(23)21-11-5-6-12-21/h2-4,7-8,15,17H,5-6,9-13H2,1H3,(H,19,22)/p+1/t17-/m1/s1. The van der Waals surface area contributed by atoms with Gasteiger partial charge in [-0.05, 0) is 25.7 Å². The molecule has 3 rings (SSSR count). The second kappa shape index (κ2) is 7.13. The van der Waals surface area contributed by atoms with Gasteiger partial charge in [0.25, 0.3) is 11.8 Å². The van der Waals surface area contributed by atoms with Crippen LogP contribution in [-0.2, 0) is 9.59 Å². The fourth-order valence-electron chi connectivity index (χ4n) is 3.27. The highest BCUT2D eigenvalue weighted by Crippen LogP contribution is 2.18. The summed E-state index contributed by atoms with van der Waals surface area (Å²) in [6.07, 6.45) is 4.32. The van der Waals surface area contributed by atoms with E-state index in [9.17, 15) is 9.59 Å². The minimum atomic E-state index is -0.306. The Morgan fingerprint density at radius 1 is 1.22 bits per heavy atom. The Hall–Kier alpha value is -1.88. The smallest absolute Gasteiger partial charge is 0.285 e. The SMILES string of the molecule is C[NH+](CC(=O)NC1CC1)[C@@H](C(=O)N1CCCC1)c1ccccc1. The van der Waals surface area contributed by atoms with Crippen LogP contribution in [0.4, 0.5) is 0 Å². The first-order valence-electron chi connectivity index (χ1n) is 8.60. The van der Waals surface area contributed by atoms with Crippen molar-refractivity contribution in [2.24, 2.45) is 0 Å². The molecule has 0 aromatic heterocycles. The third-order valence-electron chi connectivity index (χ3n) is 4.67. The van der Waals surface area contributed by atoms with Crippen LogP contribution in [0.1, 0.15) is 37.3 Å². The van der Waals surface area contributed by atoms with Crippen LogP contribution in [0.3, 0.4) is 0 Å². The van der Waals surface area contributed by atoms with E-state index in [0.29, 0.717) is 12.6 Å². The normalized spacial score (nSPS) is 20.1. The highest BCUT2D eigenvalue weighted by Gasteiger charge is 2.35. The van der Waals surface area contributed by atoms with Crippen LogP contribution < -0.4 is 10.2 Å². The molecule has 1 unspecified atom stereocenters. The van der Waals surface area contributed by atoms with E-state index in [1.165, 1.54) is 0 Å². The molecule has 1 aromatic carbocycles. The summed E-state index contributed by atoms with van der Waals surface area (Å²) in [5.41, 5.74) is 0.987. The number of quaternary nitrogens is 1. The lowest BCUT2D eigenvalue weighted by Crippen LogP contribution is -3.11. The molecule has 1 saturated heterocycles. The quantitative estimate of drug-likeness (QED) is 0.785. The van der Waals surface area contributed by atoms with E-state index in [-0.39, 0.29) is 17.9 Å². The first-order chi connectivity index (χ1) is 11.1. The summed E-state index contributed by atoms with van der Waals surface area (Å²) in [5.74, 6) is 0.186. The van der Waals surface area contributed by atoms with Crippen molar-refractivity contribution in [1.82, 2.24) is 10.2 Å². The number of likely N-dealkylation sites (N-methyl/N-ethyl adjacent to an activating group) is 1. The lowest BCUT2D eigenvalue weighted by atomic mass is 10.0. The Balaban J connectivity index is 1.73. The lowest BCUT2D eigenvalue weighted by molar-refractivity contribution is -0.894. The van der Waals surface area contributed by atoms with Crippen molar-refractivity contribution in [3.05, 3.63) is 35.9 Å². The molecule has 0 spiro atoms. The number of benzene rings is 1. The van der Waals surface area contributed by atoms with Gasteiger partial charge in [-0.3, -0.25) is 9.59 Å². The van der Waals surface area contributed by atoms with E-state index in [4.69, 9.17) is 0 Å². The van der Waals surface area contributed by atoms with Crippen LogP contribution in [-0.4, -0.2) is 49.4 Å². The van der Waals surface area contributed by atoms with Gasteiger partial charge in [0, 0.05) is 24.7 Å². The van der Waals surface area contributed by atoms with Crippen LogP contribution in [0.5, 0.6) is 0 Å². The number of hydrogen-bond acceptors (Lipinski definition) is 2. The van der Waals surface area contributed by atoms with Gasteiger partial charge in [0.2, 0.25) is 0 Å². The molecule has 124 valence electrons. The van der Waals surface area contributed by atoms with Gasteiger partial charge in [-0.2, -0.15) is 0 Å². The largest absolute Gasteiger partial charge is 0.348 e. The summed E-state index contributed by atoms with van der Waals surface area (Å²) >= 11 is 0. The van der Waals surface area contributed by atoms with Gasteiger partial charge in [0.1, 0.15) is 0 Å². The van der Waals surface area contributed by atoms with E-state index in [1.807, 2.05) is 42.3 Å². The van der Waals surface area contributed by atoms with Crippen molar-refractivity contribution in [2.45, 2.75) is 37.8 Å². The number of nitrogens with zero attached hydrogens (tertiary/aromatic N) is 1. The monoisotopic (exact) mass is 316 g/mol. The summed E-state index contributed by atoms with van der Waals surface area (Å²) in [6.45, 7) is 2.00. The molecule has 1 aliphatic carbocycles. The number of rotatable bonds is 6. The third kappa shape index (κ3) is 4.10. The predicted molar refractivity (Wildman–Crippen MR) is 87.9 cm³/mol. The third-order valence-corrected chi connectivity index (χ3v) is 4.67. The molecule has 5 heteroatoms. The van der Waals surface area contributed by atoms with Gasteiger partial charge in [-0.25, -0.2) is 0 Å². The molecule has 23 heavy (non-hydrogen) atoms. The molecule has 1 aromatic rings. The molecule has 1 saturated carbocycles. The maximum Gasteiger partial charge on any atom is 0.285 e. The molecular weight excluding hydrogens is 290 g/mol. The number of hydrogen-bond donors (Lipinski definition) is 2. The minimum absolute atomic E-state index is 0.0418. The van der Waals surface area contributed by atoms with Crippen molar-refractivity contribution < 1.29 is 14.5 Å². The van der Waals surface area contributed by atoms with Crippen LogP contribution in [0, 0.1) is 0 Å². The average molecular weight is 316 g/mol. The van der Waals surface area contributed by atoms with Gasteiger partial charge >= 0.3 is 0 Å². The Kier molecular flexibility index (Phi) is 4.96. The number of carbonyl (C=O) groups is 2. The molecular formula is C18H26N3O2+. The van der Waals surface area contributed by atoms with E-state index in [2.05, 4.69) is 5.32 Å². The fourth-order valence-corrected chi connectivity index (χ4v) is 3.27. The molecule has 5 nitrogen and oxygen atoms in total. The second-order valence-electron chi connectivity index (χ2n) is 6.74. The first-order valence-corrected chi connectivity index (χ1v) is 8.60. The predicted octanol–water partition coefficient (Wildman–Crippen LogP) is 0.143. The van der Waals surface area contributed by atoms with Crippen LogP contribution in [0.2, 0.25) is 0 Å². The second-order valence-corrected chi connectivity index (χ2v) is 6.74. The summed E-state index contributed by atoms with van der Waals surface area (Å²) in [4.78, 5) is 28.0. The minimum Gasteiger partial charge on any atom is -0.348 e. The van der Waals surface area contributed by atoms with Gasteiger partial charge in [-0.15, -0.1) is 0 Å². The molecule has 2 fully saturated rings. The maximum absolute atomic E-state index is 13.0. The molecule has 2 N–H and O–H groups in total. The Labute approximate surface area is 137 Å². The molecule has 1 heterocycles. The van der Waals surface area contributed by atoms with E-state index in [1.54, 1.807) is 0 Å². The zero-order chi connectivity index (χ0) is 16.2. The molecule has 0 bridgehead atoms.